The fourth-order valence-electron chi connectivity index (χ4n) is 2.50. The fourth-order valence-corrected chi connectivity index (χ4v) is 2.72. The van der Waals surface area contributed by atoms with Gasteiger partial charge < -0.3 is 4.74 Å². The van der Waals surface area contributed by atoms with Gasteiger partial charge in [-0.1, -0.05) is 31.4 Å². The topological polar surface area (TPSA) is 72.3 Å². The number of hydrogen-bond acceptors (Lipinski definition) is 4. The zero-order chi connectivity index (χ0) is 18.1. The maximum atomic E-state index is 13.8. The van der Waals surface area contributed by atoms with Crippen LogP contribution in [0.25, 0.3) is 16.8 Å². The second kappa shape index (κ2) is 6.57. The number of aromatic amines is 1. The Morgan fingerprint density at radius 2 is 2.20 bits per heavy atom. The fraction of sp³-hybridized carbons (Fsp3) is 0.235. The molecule has 0 aliphatic heterocycles. The third-order valence-electron chi connectivity index (χ3n) is 3.49. The molecule has 0 atom stereocenters. The lowest BCUT2D eigenvalue weighted by molar-refractivity contribution is 0.337. The molecule has 3 aromatic rings. The summed E-state index contributed by atoms with van der Waals surface area (Å²) in [5, 5.41) is 4.55. The first-order valence-corrected chi connectivity index (χ1v) is 7.84. The smallest absolute Gasteiger partial charge is 0.352 e. The average molecular weight is 361 g/mol. The Morgan fingerprint density at radius 3 is 2.84 bits per heavy atom. The normalized spacial score (nSPS) is 11.0. The maximum absolute atomic E-state index is 13.8. The van der Waals surface area contributed by atoms with Crippen molar-refractivity contribution in [3.05, 3.63) is 45.2 Å². The lowest BCUT2D eigenvalue weighted by Gasteiger charge is -2.07. The maximum Gasteiger partial charge on any atom is 0.352 e. The van der Waals surface area contributed by atoms with Crippen molar-refractivity contribution in [1.82, 2.24) is 19.6 Å². The quantitative estimate of drug-likeness (QED) is 0.726. The van der Waals surface area contributed by atoms with Crippen molar-refractivity contribution in [3.63, 3.8) is 0 Å². The number of rotatable bonds is 4. The summed E-state index contributed by atoms with van der Waals surface area (Å²) >= 11 is 5.98. The van der Waals surface area contributed by atoms with Gasteiger partial charge in [0.1, 0.15) is 5.82 Å². The molecule has 0 fully saturated rings. The lowest BCUT2D eigenvalue weighted by Crippen LogP contribution is -2.20. The SMILES string of the molecule is C#CCOc1nc2c(-c3cc(F)cc(Cl)c3)c(C(C)C)nn2c(=O)[nH]1. The molecule has 25 heavy (non-hydrogen) atoms. The molecule has 0 aliphatic rings. The Labute approximate surface area is 147 Å². The van der Waals surface area contributed by atoms with Crippen LogP contribution in [0.2, 0.25) is 5.02 Å². The molecule has 2 aromatic heterocycles. The summed E-state index contributed by atoms with van der Waals surface area (Å²) in [6.07, 6.45) is 5.16. The third-order valence-corrected chi connectivity index (χ3v) is 3.71. The Kier molecular flexibility index (Phi) is 4.47. The van der Waals surface area contributed by atoms with Crippen molar-refractivity contribution in [2.45, 2.75) is 19.8 Å². The summed E-state index contributed by atoms with van der Waals surface area (Å²) < 4.78 is 20.2. The minimum Gasteiger partial charge on any atom is -0.451 e. The predicted octanol–water partition coefficient (Wildman–Crippen LogP) is 3.01. The zero-order valence-corrected chi connectivity index (χ0v) is 14.3. The first-order valence-electron chi connectivity index (χ1n) is 7.46. The van der Waals surface area contributed by atoms with E-state index in [0.717, 1.165) is 4.52 Å². The van der Waals surface area contributed by atoms with E-state index in [1.165, 1.54) is 12.1 Å². The highest BCUT2D eigenvalue weighted by Gasteiger charge is 2.21. The molecule has 2 heterocycles. The zero-order valence-electron chi connectivity index (χ0n) is 13.5. The van der Waals surface area contributed by atoms with Crippen LogP contribution in [0.3, 0.4) is 0 Å². The minimum atomic E-state index is -0.535. The van der Waals surface area contributed by atoms with Gasteiger partial charge in [-0.25, -0.2) is 9.18 Å². The summed E-state index contributed by atoms with van der Waals surface area (Å²) in [5.41, 5.74) is 1.29. The molecule has 0 bridgehead atoms. The van der Waals surface area contributed by atoms with Crippen LogP contribution < -0.4 is 10.4 Å². The van der Waals surface area contributed by atoms with E-state index in [4.69, 9.17) is 22.8 Å². The van der Waals surface area contributed by atoms with Crippen LogP contribution in [0.5, 0.6) is 6.01 Å². The third kappa shape index (κ3) is 3.21. The first kappa shape index (κ1) is 17.0. The second-order valence-electron chi connectivity index (χ2n) is 5.65. The Bertz CT molecular complexity index is 1030. The van der Waals surface area contributed by atoms with E-state index < -0.39 is 11.5 Å². The predicted molar refractivity (Wildman–Crippen MR) is 92.4 cm³/mol. The minimum absolute atomic E-state index is 0.0330. The molecule has 0 saturated heterocycles. The van der Waals surface area contributed by atoms with Crippen LogP contribution in [-0.2, 0) is 0 Å². The number of terminal acetylenes is 1. The van der Waals surface area contributed by atoms with Gasteiger partial charge >= 0.3 is 11.7 Å². The molecule has 6 nitrogen and oxygen atoms in total. The molecule has 128 valence electrons. The molecule has 0 aliphatic carbocycles. The average Bonchev–Trinajstić information content (AvgIpc) is 2.92. The van der Waals surface area contributed by atoms with Crippen LogP contribution in [0.15, 0.2) is 23.0 Å². The van der Waals surface area contributed by atoms with Crippen molar-refractivity contribution < 1.29 is 9.13 Å². The highest BCUT2D eigenvalue weighted by atomic mass is 35.5. The number of ether oxygens (including phenoxy) is 1. The van der Waals surface area contributed by atoms with Gasteiger partial charge in [-0.2, -0.15) is 14.6 Å². The molecular weight excluding hydrogens is 347 g/mol. The van der Waals surface area contributed by atoms with Crippen molar-refractivity contribution in [1.29, 1.82) is 0 Å². The molecule has 0 spiro atoms. The van der Waals surface area contributed by atoms with Crippen LogP contribution in [0, 0.1) is 18.2 Å². The monoisotopic (exact) mass is 360 g/mol. The number of hydrogen-bond donors (Lipinski definition) is 1. The van der Waals surface area contributed by atoms with Gasteiger partial charge in [0.05, 0.1) is 11.3 Å². The molecule has 3 rings (SSSR count). The van der Waals surface area contributed by atoms with Gasteiger partial charge in [0.25, 0.3) is 0 Å². The summed E-state index contributed by atoms with van der Waals surface area (Å²) in [4.78, 5) is 19.0. The first-order chi connectivity index (χ1) is 11.9. The van der Waals surface area contributed by atoms with Crippen molar-refractivity contribution in [2.75, 3.05) is 6.61 Å². The van der Waals surface area contributed by atoms with E-state index in [1.807, 2.05) is 13.8 Å². The highest BCUT2D eigenvalue weighted by molar-refractivity contribution is 6.30. The van der Waals surface area contributed by atoms with Crippen LogP contribution in [0.1, 0.15) is 25.5 Å². The molecular formula is C17H14ClFN4O2. The van der Waals surface area contributed by atoms with E-state index in [1.54, 1.807) is 6.07 Å². The molecule has 0 amide bonds. The molecule has 1 N–H and O–H groups in total. The number of H-pyrrole nitrogens is 1. The Morgan fingerprint density at radius 1 is 1.44 bits per heavy atom. The second-order valence-corrected chi connectivity index (χ2v) is 6.08. The van der Waals surface area contributed by atoms with Crippen molar-refractivity contribution in [3.8, 4) is 29.5 Å². The van der Waals surface area contributed by atoms with Gasteiger partial charge in [0, 0.05) is 5.02 Å². The number of nitrogens with zero attached hydrogens (tertiary/aromatic N) is 3. The Balaban J connectivity index is 2.34. The molecule has 0 radical (unpaired) electrons. The van der Waals surface area contributed by atoms with Crippen molar-refractivity contribution >= 4 is 17.2 Å². The number of nitrogens with one attached hydrogen (secondary N) is 1. The van der Waals surface area contributed by atoms with Crippen LogP contribution in [0.4, 0.5) is 4.39 Å². The van der Waals surface area contributed by atoms with E-state index in [-0.39, 0.29) is 29.2 Å². The van der Waals surface area contributed by atoms with Crippen LogP contribution in [-0.4, -0.2) is 26.2 Å². The largest absolute Gasteiger partial charge is 0.451 e. The molecule has 8 heteroatoms. The summed E-state index contributed by atoms with van der Waals surface area (Å²) in [6.45, 7) is 3.78. The van der Waals surface area contributed by atoms with Gasteiger partial charge in [-0.15, -0.1) is 6.42 Å². The number of benzene rings is 1. The van der Waals surface area contributed by atoms with Gasteiger partial charge in [0.2, 0.25) is 0 Å². The van der Waals surface area contributed by atoms with Gasteiger partial charge in [-0.3, -0.25) is 4.98 Å². The summed E-state index contributed by atoms with van der Waals surface area (Å²) in [5.74, 6) is 1.77. The molecule has 0 unspecified atom stereocenters. The van der Waals surface area contributed by atoms with E-state index >= 15 is 0 Å². The molecule has 1 aromatic carbocycles. The lowest BCUT2D eigenvalue weighted by atomic mass is 9.99. The van der Waals surface area contributed by atoms with E-state index in [2.05, 4.69) is 21.0 Å². The standard InChI is InChI=1S/C17H14ClFN4O2/c1-4-5-25-16-20-15-13(10-6-11(18)8-12(19)7-10)14(9(2)3)22-23(15)17(24)21-16/h1,6-9H,5H2,2-3H3,(H,20,21,24). The number of halogens is 2. The van der Waals surface area contributed by atoms with E-state index in [0.29, 0.717) is 16.8 Å². The highest BCUT2D eigenvalue weighted by Crippen LogP contribution is 2.33. The number of aromatic nitrogens is 4. The molecule has 0 saturated carbocycles. The van der Waals surface area contributed by atoms with Crippen LogP contribution >= 0.6 is 11.6 Å². The van der Waals surface area contributed by atoms with E-state index in [9.17, 15) is 9.18 Å². The van der Waals surface area contributed by atoms with Crippen molar-refractivity contribution in [2.24, 2.45) is 0 Å². The Hall–Kier alpha value is -2.85. The number of fused-ring (bicyclic) bond motifs is 1. The van der Waals surface area contributed by atoms with Gasteiger partial charge in [-0.05, 0) is 29.7 Å². The summed E-state index contributed by atoms with van der Waals surface area (Å²) in [6, 6.07) is 4.08. The van der Waals surface area contributed by atoms with Gasteiger partial charge in [0.15, 0.2) is 12.3 Å². The summed E-state index contributed by atoms with van der Waals surface area (Å²) in [7, 11) is 0.